The fourth-order valence-electron chi connectivity index (χ4n) is 2.90. The molecule has 0 aromatic heterocycles. The number of hydrogen-bond acceptors (Lipinski definition) is 1. The first-order chi connectivity index (χ1) is 17.7. The van der Waals surface area contributed by atoms with Crippen LogP contribution >= 0.6 is 27.1 Å². The molecule has 214 valence electrons. The zero-order valence-electron chi connectivity index (χ0n) is 25.7. The van der Waals surface area contributed by atoms with Crippen molar-refractivity contribution in [3.8, 4) is 0 Å². The third kappa shape index (κ3) is 30.4. The molecule has 5 aromatic carbocycles. The Morgan fingerprint density at radius 1 is 0.581 bits per heavy atom. The van der Waals surface area contributed by atoms with E-state index in [9.17, 15) is 0 Å². The minimum absolute atomic E-state index is 0. The van der Waals surface area contributed by atoms with Gasteiger partial charge in [-0.25, -0.2) is 0 Å². The summed E-state index contributed by atoms with van der Waals surface area (Å²) < 4.78 is 0. The summed E-state index contributed by atoms with van der Waals surface area (Å²) in [6, 6.07) is 51.7. The van der Waals surface area contributed by atoms with Crippen LogP contribution in [0.5, 0.6) is 0 Å². The first-order valence-corrected chi connectivity index (χ1v) is 14.5. The molecule has 0 fully saturated rings. The summed E-state index contributed by atoms with van der Waals surface area (Å²) in [5, 5.41) is 2.68. The van der Waals surface area contributed by atoms with Gasteiger partial charge in [-0.3, -0.25) is 0 Å². The first kappa shape index (κ1) is 55.4. The Labute approximate surface area is 329 Å². The molecule has 0 aliphatic heterocycles. The van der Waals surface area contributed by atoms with E-state index in [-0.39, 0.29) is 108 Å². The van der Waals surface area contributed by atoms with Crippen LogP contribution in [0.1, 0.15) is 18.1 Å². The van der Waals surface area contributed by atoms with Gasteiger partial charge in [0.2, 0.25) is 0 Å². The second-order valence-corrected chi connectivity index (χ2v) is 10.2. The zero-order valence-corrected chi connectivity index (χ0v) is 31.5. The van der Waals surface area contributed by atoms with Crippen LogP contribution in [0.3, 0.4) is 0 Å². The van der Waals surface area contributed by atoms with Crippen molar-refractivity contribution in [2.45, 2.75) is 12.3 Å². The van der Waals surface area contributed by atoms with E-state index in [2.05, 4.69) is 110 Å². The number of hydrogen-bond donors (Lipinski definition) is 1. The predicted octanol–water partition coefficient (Wildman–Crippen LogP) is 0.264. The van der Waals surface area contributed by atoms with E-state index in [0.717, 1.165) is 26.5 Å². The normalized spacial score (nSPS) is 8.05. The third-order valence-electron chi connectivity index (χ3n) is 4.83. The molecule has 5 rings (SSSR count). The maximum atomic E-state index is 3.72. The van der Waals surface area contributed by atoms with Gasteiger partial charge in [-0.15, -0.1) is 30.6 Å². The fourth-order valence-corrected chi connectivity index (χ4v) is 4.47. The molecule has 1 nitrogen and oxygen atoms in total. The Kier molecular flexibility index (Phi) is 49.2. The number of benzene rings is 5. The molecule has 10 heteroatoms. The van der Waals surface area contributed by atoms with Crippen molar-refractivity contribution < 1.29 is 44.3 Å². The first-order valence-electron chi connectivity index (χ1n) is 11.9. The van der Waals surface area contributed by atoms with Gasteiger partial charge in [0.1, 0.15) is 0 Å². The van der Waals surface area contributed by atoms with Crippen LogP contribution in [0.4, 0.5) is 0 Å². The zero-order chi connectivity index (χ0) is 25.7. The van der Waals surface area contributed by atoms with Gasteiger partial charge in [-0.05, 0) is 34.1 Å². The molecule has 3 atom stereocenters. The molecule has 3 unspecified atom stereocenters. The monoisotopic (exact) mass is 753 g/mol. The van der Waals surface area contributed by atoms with Crippen LogP contribution in [-0.2, 0) is 12.3 Å². The van der Waals surface area contributed by atoms with Crippen molar-refractivity contribution in [3.05, 3.63) is 175 Å². The topological polar surface area (TPSA) is 35.0 Å². The van der Waals surface area contributed by atoms with Crippen LogP contribution < -0.4 is 59.6 Å². The Bertz CT molecular complexity index is 1120. The van der Waals surface area contributed by atoms with E-state index in [1.807, 2.05) is 66.7 Å². The van der Waals surface area contributed by atoms with Gasteiger partial charge in [-0.2, -0.15) is 24.6 Å². The molecule has 0 saturated carbocycles. The van der Waals surface area contributed by atoms with Crippen molar-refractivity contribution in [2.75, 3.05) is 0 Å². The Morgan fingerprint density at radius 2 is 0.907 bits per heavy atom. The minimum Gasteiger partial charge on any atom is -1.00 e. The van der Waals surface area contributed by atoms with Gasteiger partial charge >= 0.3 is 41.9 Å². The molecule has 0 aliphatic rings. The molecule has 0 spiro atoms. The summed E-state index contributed by atoms with van der Waals surface area (Å²) in [4.78, 5) is 0. The molecule has 6 radical (unpaired) electrons. The molecule has 0 amide bonds. The van der Waals surface area contributed by atoms with Crippen molar-refractivity contribution in [2.24, 2.45) is 0 Å². The quantitative estimate of drug-likeness (QED) is 0.122. The number of rotatable bonds is 4. The Morgan fingerprint density at radius 3 is 1.19 bits per heavy atom. The third-order valence-corrected chi connectivity index (χ3v) is 7.02. The average Bonchev–Trinajstić information content (AvgIpc) is 2.95. The van der Waals surface area contributed by atoms with Gasteiger partial charge in [0.15, 0.2) is 17.4 Å². The van der Waals surface area contributed by atoms with Gasteiger partial charge in [-0.1, -0.05) is 136 Å². The van der Waals surface area contributed by atoms with Crippen LogP contribution in [-0.4, -0.2) is 57.2 Å². The van der Waals surface area contributed by atoms with Crippen LogP contribution in [0, 0.1) is 6.92 Å². The molecular formula is C33H43AlB2ILiMgNP3. The van der Waals surface area contributed by atoms with Crippen molar-refractivity contribution in [1.82, 2.24) is 6.15 Å². The minimum atomic E-state index is 0. The largest absolute Gasteiger partial charge is 2.00 e. The van der Waals surface area contributed by atoms with Gasteiger partial charge < -0.3 is 31.6 Å². The van der Waals surface area contributed by atoms with Crippen molar-refractivity contribution >= 4 is 94.9 Å². The molecule has 0 heterocycles. The molecule has 3 N–H and O–H groups in total. The molecule has 5 aromatic rings. The van der Waals surface area contributed by atoms with Gasteiger partial charge in [0.05, 0.1) is 0 Å². The van der Waals surface area contributed by atoms with Crippen LogP contribution in [0.15, 0.2) is 152 Å². The summed E-state index contributed by atoms with van der Waals surface area (Å²) in [5.41, 5.74) is 3.87. The molecule has 0 aliphatic carbocycles. The second-order valence-electron chi connectivity index (χ2n) is 7.79. The average molecular weight is 753 g/mol. The Balaban J connectivity index is -0.0000000814. The Hall–Kier alpha value is -0.0240. The molecule has 43 heavy (non-hydrogen) atoms. The summed E-state index contributed by atoms with van der Waals surface area (Å²) in [6.45, 7) is 3.72. The van der Waals surface area contributed by atoms with Crippen LogP contribution in [0.25, 0.3) is 0 Å². The summed E-state index contributed by atoms with van der Waals surface area (Å²) in [6.07, 6.45) is 2.21. The summed E-state index contributed by atoms with van der Waals surface area (Å²) >= 11 is 0. The van der Waals surface area contributed by atoms with Gasteiger partial charge in [0, 0.05) is 16.8 Å². The molecule has 0 bridgehead atoms. The number of halogens is 1. The maximum absolute atomic E-state index is 3.72. The van der Waals surface area contributed by atoms with Crippen molar-refractivity contribution in [1.29, 1.82) is 0 Å². The second kappa shape index (κ2) is 38.2. The van der Waals surface area contributed by atoms with E-state index in [1.54, 1.807) is 0 Å². The maximum Gasteiger partial charge on any atom is 2.00 e. The van der Waals surface area contributed by atoms with Gasteiger partial charge in [0.25, 0.3) is 0 Å². The molecule has 0 saturated heterocycles. The molecular weight excluding hydrogens is 710 g/mol. The SMILES string of the molecule is N.PCc1ccccc1.Pc1ccccc1.[AlH3].[B].[B].[CH2-]c1ccccc1.[H-].[I-].[Li+].[Mg+2].c1ccc(CPc2ccccc2)cc1. The van der Waals surface area contributed by atoms with Crippen LogP contribution in [0.2, 0.25) is 0 Å². The smallest absolute Gasteiger partial charge is 1.00 e. The van der Waals surface area contributed by atoms with E-state index in [1.165, 1.54) is 21.7 Å². The van der Waals surface area contributed by atoms with E-state index >= 15 is 0 Å². The van der Waals surface area contributed by atoms with E-state index < -0.39 is 0 Å². The van der Waals surface area contributed by atoms with E-state index in [0.29, 0.717) is 0 Å². The van der Waals surface area contributed by atoms with Crippen molar-refractivity contribution in [3.63, 3.8) is 0 Å². The van der Waals surface area contributed by atoms with E-state index in [4.69, 9.17) is 0 Å². The predicted molar refractivity (Wildman–Crippen MR) is 204 cm³/mol. The fraction of sp³-hybridized carbons (Fsp3) is 0.0606. The standard InChI is InChI=1S/C13H13P.C7H9P.C7H7.C6H7P.Al.2B.HI.Li.Mg.H3N.4H/c1-3-7-12(8-4-1)11-14-13-9-5-2-6-10-13;8-6-7-4-2-1-3-5-7;1-7-5-3-2-4-6-7;7-6-4-2-1-3-5-6;;;;;;;;;;;/h1-10,14H,11H2;1-5H,6,8H2;2-6H,1H2;1-5H,7H2;;;;1H;;;1H3;;;;/q;;-1;;;;;;+1;+2;;;;;-1/p-1. The summed E-state index contributed by atoms with van der Waals surface area (Å²) in [7, 11) is 6.20. The summed E-state index contributed by atoms with van der Waals surface area (Å²) in [5.74, 6) is 0.